The van der Waals surface area contributed by atoms with Crippen LogP contribution < -0.4 is 10.1 Å². The molecule has 1 aliphatic rings. The third kappa shape index (κ3) is 4.93. The Hall–Kier alpha value is -1.75. The van der Waals surface area contributed by atoms with Gasteiger partial charge >= 0.3 is 0 Å². The van der Waals surface area contributed by atoms with Gasteiger partial charge in [-0.15, -0.1) is 0 Å². The second kappa shape index (κ2) is 7.31. The molecule has 0 spiro atoms. The SMILES string of the molecule is CC(=O)NCC1CC(=O)N(CCOc2ccc(Cl)cc2)C1. The van der Waals surface area contributed by atoms with Crippen molar-refractivity contribution in [3.8, 4) is 5.75 Å². The number of amides is 2. The van der Waals surface area contributed by atoms with E-state index in [0.717, 1.165) is 5.75 Å². The first kappa shape index (κ1) is 15.6. The van der Waals surface area contributed by atoms with Gasteiger partial charge in [0.15, 0.2) is 0 Å². The summed E-state index contributed by atoms with van der Waals surface area (Å²) >= 11 is 5.80. The highest BCUT2D eigenvalue weighted by Crippen LogP contribution is 2.18. The molecule has 2 rings (SSSR count). The summed E-state index contributed by atoms with van der Waals surface area (Å²) in [6, 6.07) is 7.13. The quantitative estimate of drug-likeness (QED) is 0.870. The average Bonchev–Trinajstić information content (AvgIpc) is 2.79. The van der Waals surface area contributed by atoms with E-state index in [0.29, 0.717) is 37.7 Å². The molecule has 114 valence electrons. The Labute approximate surface area is 129 Å². The van der Waals surface area contributed by atoms with Gasteiger partial charge in [0, 0.05) is 37.4 Å². The molecule has 6 heteroatoms. The van der Waals surface area contributed by atoms with Gasteiger partial charge in [0.05, 0.1) is 6.54 Å². The number of hydrogen-bond acceptors (Lipinski definition) is 3. The molecule has 2 amide bonds. The number of ether oxygens (including phenoxy) is 1. The highest BCUT2D eigenvalue weighted by Gasteiger charge is 2.29. The standard InChI is InChI=1S/C15H19ClN2O3/c1-11(19)17-9-12-8-15(20)18(10-12)6-7-21-14-4-2-13(16)3-5-14/h2-5,12H,6-10H2,1H3,(H,17,19). The summed E-state index contributed by atoms with van der Waals surface area (Å²) in [6.45, 7) is 3.70. The molecule has 0 aliphatic carbocycles. The normalized spacial score (nSPS) is 17.9. The molecular formula is C15H19ClN2O3. The number of nitrogens with one attached hydrogen (secondary N) is 1. The molecule has 1 aromatic carbocycles. The minimum atomic E-state index is -0.0630. The van der Waals surface area contributed by atoms with Crippen molar-refractivity contribution in [2.24, 2.45) is 5.92 Å². The summed E-state index contributed by atoms with van der Waals surface area (Å²) in [5.74, 6) is 0.981. The minimum Gasteiger partial charge on any atom is -0.492 e. The van der Waals surface area contributed by atoms with E-state index in [9.17, 15) is 9.59 Å². The lowest BCUT2D eigenvalue weighted by Gasteiger charge is -2.17. The second-order valence-corrected chi connectivity index (χ2v) is 5.59. The minimum absolute atomic E-state index is 0.0630. The highest BCUT2D eigenvalue weighted by molar-refractivity contribution is 6.30. The maximum Gasteiger partial charge on any atom is 0.223 e. The van der Waals surface area contributed by atoms with Gasteiger partial charge in [-0.3, -0.25) is 9.59 Å². The average molecular weight is 311 g/mol. The lowest BCUT2D eigenvalue weighted by atomic mass is 10.1. The summed E-state index contributed by atoms with van der Waals surface area (Å²) in [6.07, 6.45) is 0.487. The predicted molar refractivity (Wildman–Crippen MR) is 80.3 cm³/mol. The van der Waals surface area contributed by atoms with Gasteiger partial charge in [0.25, 0.3) is 0 Å². The third-order valence-corrected chi connectivity index (χ3v) is 3.63. The third-order valence-electron chi connectivity index (χ3n) is 3.38. The maximum absolute atomic E-state index is 11.9. The summed E-state index contributed by atoms with van der Waals surface area (Å²) < 4.78 is 5.58. The van der Waals surface area contributed by atoms with Crippen molar-refractivity contribution < 1.29 is 14.3 Å². The van der Waals surface area contributed by atoms with Crippen LogP contribution in [0.1, 0.15) is 13.3 Å². The fourth-order valence-corrected chi connectivity index (χ4v) is 2.43. The number of benzene rings is 1. The van der Waals surface area contributed by atoms with E-state index in [1.54, 1.807) is 29.2 Å². The molecule has 1 atom stereocenters. The van der Waals surface area contributed by atoms with Gasteiger partial charge in [-0.25, -0.2) is 0 Å². The zero-order valence-corrected chi connectivity index (χ0v) is 12.7. The van der Waals surface area contributed by atoms with Crippen LogP contribution in [0.3, 0.4) is 0 Å². The van der Waals surface area contributed by atoms with E-state index in [1.165, 1.54) is 6.92 Å². The number of nitrogens with zero attached hydrogens (tertiary/aromatic N) is 1. The Bertz CT molecular complexity index is 504. The molecule has 1 saturated heterocycles. The van der Waals surface area contributed by atoms with Crippen molar-refractivity contribution in [1.82, 2.24) is 10.2 Å². The molecule has 1 aromatic rings. The molecular weight excluding hydrogens is 292 g/mol. The van der Waals surface area contributed by atoms with Crippen LogP contribution in [-0.4, -0.2) is 43.0 Å². The van der Waals surface area contributed by atoms with Crippen molar-refractivity contribution >= 4 is 23.4 Å². The number of carbonyl (C=O) groups is 2. The Morgan fingerprint density at radius 1 is 1.43 bits per heavy atom. The predicted octanol–water partition coefficient (Wildman–Crippen LogP) is 1.70. The fourth-order valence-electron chi connectivity index (χ4n) is 2.30. The van der Waals surface area contributed by atoms with Gasteiger partial charge in [0.1, 0.15) is 12.4 Å². The fraction of sp³-hybridized carbons (Fsp3) is 0.467. The second-order valence-electron chi connectivity index (χ2n) is 5.15. The highest BCUT2D eigenvalue weighted by atomic mass is 35.5. The summed E-state index contributed by atoms with van der Waals surface area (Å²) in [4.78, 5) is 24.5. The number of likely N-dealkylation sites (tertiary alicyclic amines) is 1. The van der Waals surface area contributed by atoms with Crippen LogP contribution >= 0.6 is 11.6 Å². The van der Waals surface area contributed by atoms with E-state index in [2.05, 4.69) is 5.32 Å². The van der Waals surface area contributed by atoms with Crippen LogP contribution in [-0.2, 0) is 9.59 Å². The van der Waals surface area contributed by atoms with Gasteiger partial charge in [-0.1, -0.05) is 11.6 Å². The summed E-state index contributed by atoms with van der Waals surface area (Å²) in [5.41, 5.74) is 0. The lowest BCUT2D eigenvalue weighted by Crippen LogP contribution is -2.32. The molecule has 0 radical (unpaired) electrons. The van der Waals surface area contributed by atoms with Crippen molar-refractivity contribution in [1.29, 1.82) is 0 Å². The topological polar surface area (TPSA) is 58.6 Å². The van der Waals surface area contributed by atoms with Crippen LogP contribution in [0.15, 0.2) is 24.3 Å². The molecule has 1 aliphatic heterocycles. The van der Waals surface area contributed by atoms with Crippen molar-refractivity contribution in [3.63, 3.8) is 0 Å². The zero-order chi connectivity index (χ0) is 15.2. The zero-order valence-electron chi connectivity index (χ0n) is 12.0. The van der Waals surface area contributed by atoms with Crippen LogP contribution in [0, 0.1) is 5.92 Å². The molecule has 1 heterocycles. The van der Waals surface area contributed by atoms with E-state index in [4.69, 9.17) is 16.3 Å². The first-order valence-corrected chi connectivity index (χ1v) is 7.33. The number of hydrogen-bond donors (Lipinski definition) is 1. The van der Waals surface area contributed by atoms with Crippen molar-refractivity contribution in [3.05, 3.63) is 29.3 Å². The van der Waals surface area contributed by atoms with Crippen LogP contribution in [0.5, 0.6) is 5.75 Å². The number of rotatable bonds is 6. The number of carbonyl (C=O) groups excluding carboxylic acids is 2. The van der Waals surface area contributed by atoms with Crippen LogP contribution in [0.4, 0.5) is 0 Å². The Kier molecular flexibility index (Phi) is 5.44. The Balaban J connectivity index is 1.72. The Morgan fingerprint density at radius 3 is 2.81 bits per heavy atom. The monoisotopic (exact) mass is 310 g/mol. The van der Waals surface area contributed by atoms with Crippen molar-refractivity contribution in [2.45, 2.75) is 13.3 Å². The van der Waals surface area contributed by atoms with Gasteiger partial charge in [-0.2, -0.15) is 0 Å². The smallest absolute Gasteiger partial charge is 0.223 e. The van der Waals surface area contributed by atoms with E-state index >= 15 is 0 Å². The molecule has 1 N–H and O–H groups in total. The van der Waals surface area contributed by atoms with Crippen LogP contribution in [0.2, 0.25) is 5.02 Å². The molecule has 0 saturated carbocycles. The largest absolute Gasteiger partial charge is 0.492 e. The molecule has 1 fully saturated rings. The van der Waals surface area contributed by atoms with Gasteiger partial charge < -0.3 is 15.0 Å². The van der Waals surface area contributed by atoms with E-state index < -0.39 is 0 Å². The van der Waals surface area contributed by atoms with Crippen molar-refractivity contribution in [2.75, 3.05) is 26.2 Å². The Morgan fingerprint density at radius 2 is 2.14 bits per heavy atom. The number of halogens is 1. The molecule has 5 nitrogen and oxygen atoms in total. The van der Waals surface area contributed by atoms with E-state index in [-0.39, 0.29) is 17.7 Å². The van der Waals surface area contributed by atoms with Gasteiger partial charge in [0.2, 0.25) is 11.8 Å². The first-order valence-electron chi connectivity index (χ1n) is 6.95. The molecule has 0 aromatic heterocycles. The summed E-state index contributed by atoms with van der Waals surface area (Å²) in [5, 5.41) is 3.42. The molecule has 1 unspecified atom stereocenters. The lowest BCUT2D eigenvalue weighted by molar-refractivity contribution is -0.128. The summed E-state index contributed by atoms with van der Waals surface area (Å²) in [7, 11) is 0. The molecule has 0 bridgehead atoms. The molecule has 21 heavy (non-hydrogen) atoms. The maximum atomic E-state index is 11.9. The van der Waals surface area contributed by atoms with Crippen LogP contribution in [0.25, 0.3) is 0 Å². The van der Waals surface area contributed by atoms with E-state index in [1.807, 2.05) is 0 Å². The first-order chi connectivity index (χ1) is 10.0. The van der Waals surface area contributed by atoms with Gasteiger partial charge in [-0.05, 0) is 24.3 Å².